The number of nitrogens with zero attached hydrogens (tertiary/aromatic N) is 2. The number of rotatable bonds is 6. The number of hydrogen-bond acceptors (Lipinski definition) is 3. The first-order valence-electron chi connectivity index (χ1n) is 6.86. The average Bonchev–Trinajstić information content (AvgIpc) is 2.83. The summed E-state index contributed by atoms with van der Waals surface area (Å²) in [5.41, 5.74) is 2.07. The summed E-state index contributed by atoms with van der Waals surface area (Å²) >= 11 is 8.24. The Morgan fingerprint density at radius 3 is 2.75 bits per heavy atom. The van der Waals surface area contributed by atoms with Crippen LogP contribution in [0.1, 0.15) is 38.0 Å². The van der Waals surface area contributed by atoms with E-state index in [1.54, 1.807) is 7.11 Å². The van der Waals surface area contributed by atoms with E-state index in [4.69, 9.17) is 16.3 Å². The summed E-state index contributed by atoms with van der Waals surface area (Å²) in [6, 6.07) is 6.33. The minimum Gasteiger partial charge on any atom is -0.497 e. The number of alkyl halides is 1. The molecule has 0 radical (unpaired) electrons. The number of hydrogen-bond donors (Lipinski definition) is 0. The molecular formula is C15H21ClN2OS. The normalized spacial score (nSPS) is 14.4. The van der Waals surface area contributed by atoms with E-state index in [9.17, 15) is 0 Å². The third-order valence-corrected chi connectivity index (χ3v) is 4.61. The highest BCUT2D eigenvalue weighted by atomic mass is 35.5. The molecule has 0 amide bonds. The maximum absolute atomic E-state index is 6.31. The lowest BCUT2D eigenvalue weighted by Crippen LogP contribution is -2.12. The monoisotopic (exact) mass is 312 g/mol. The molecule has 0 saturated heterocycles. The molecule has 0 aliphatic carbocycles. The molecule has 2 atom stereocenters. The minimum absolute atomic E-state index is 0.109. The SMILES string of the molecule is CCSCC(C)n1c(C(C)Cl)nc2ccc(OC)cc21. The molecule has 1 aromatic heterocycles. The summed E-state index contributed by atoms with van der Waals surface area (Å²) in [6.45, 7) is 6.36. The van der Waals surface area contributed by atoms with Crippen LogP contribution >= 0.6 is 23.4 Å². The molecule has 0 aliphatic heterocycles. The molecule has 20 heavy (non-hydrogen) atoms. The van der Waals surface area contributed by atoms with Crippen LogP contribution in [-0.2, 0) is 0 Å². The second kappa shape index (κ2) is 6.72. The van der Waals surface area contributed by atoms with Crippen molar-refractivity contribution in [1.29, 1.82) is 0 Å². The van der Waals surface area contributed by atoms with Crippen molar-refractivity contribution in [1.82, 2.24) is 9.55 Å². The zero-order valence-corrected chi connectivity index (χ0v) is 14.0. The summed E-state index contributed by atoms with van der Waals surface area (Å²) in [6.07, 6.45) is 0. The third-order valence-electron chi connectivity index (χ3n) is 3.28. The number of thioether (sulfide) groups is 1. The molecule has 0 bridgehead atoms. The van der Waals surface area contributed by atoms with Gasteiger partial charge in [0.25, 0.3) is 0 Å². The lowest BCUT2D eigenvalue weighted by molar-refractivity contribution is 0.415. The van der Waals surface area contributed by atoms with Gasteiger partial charge in [0, 0.05) is 17.9 Å². The van der Waals surface area contributed by atoms with Crippen LogP contribution in [0, 0.1) is 0 Å². The van der Waals surface area contributed by atoms with Crippen LogP contribution in [0.4, 0.5) is 0 Å². The molecular weight excluding hydrogens is 292 g/mol. The van der Waals surface area contributed by atoms with E-state index in [0.29, 0.717) is 6.04 Å². The molecule has 5 heteroatoms. The predicted molar refractivity (Wildman–Crippen MR) is 88.3 cm³/mol. The van der Waals surface area contributed by atoms with E-state index in [-0.39, 0.29) is 5.38 Å². The maximum Gasteiger partial charge on any atom is 0.127 e. The van der Waals surface area contributed by atoms with Gasteiger partial charge in [-0.2, -0.15) is 11.8 Å². The van der Waals surface area contributed by atoms with Crippen LogP contribution < -0.4 is 4.74 Å². The van der Waals surface area contributed by atoms with Gasteiger partial charge in [0.15, 0.2) is 0 Å². The Morgan fingerprint density at radius 2 is 2.15 bits per heavy atom. The van der Waals surface area contributed by atoms with Crippen LogP contribution in [-0.4, -0.2) is 28.2 Å². The zero-order valence-electron chi connectivity index (χ0n) is 12.4. The third kappa shape index (κ3) is 3.07. The second-order valence-corrected chi connectivity index (χ2v) is 6.79. The van der Waals surface area contributed by atoms with Gasteiger partial charge in [0.05, 0.1) is 23.5 Å². The Hall–Kier alpha value is -0.870. The smallest absolute Gasteiger partial charge is 0.127 e. The summed E-state index contributed by atoms with van der Waals surface area (Å²) in [4.78, 5) is 4.68. The Labute approximate surface area is 129 Å². The molecule has 3 nitrogen and oxygen atoms in total. The molecule has 110 valence electrons. The van der Waals surface area contributed by atoms with Gasteiger partial charge in [-0.15, -0.1) is 11.6 Å². The largest absolute Gasteiger partial charge is 0.497 e. The number of fused-ring (bicyclic) bond motifs is 1. The number of aromatic nitrogens is 2. The molecule has 0 N–H and O–H groups in total. The highest BCUT2D eigenvalue weighted by molar-refractivity contribution is 7.99. The van der Waals surface area contributed by atoms with Gasteiger partial charge in [0.1, 0.15) is 11.6 Å². The van der Waals surface area contributed by atoms with Crippen molar-refractivity contribution >= 4 is 34.4 Å². The molecule has 0 spiro atoms. The van der Waals surface area contributed by atoms with Gasteiger partial charge in [-0.3, -0.25) is 0 Å². The molecule has 0 saturated carbocycles. The fourth-order valence-corrected chi connectivity index (χ4v) is 3.20. The van der Waals surface area contributed by atoms with Gasteiger partial charge in [-0.05, 0) is 31.7 Å². The minimum atomic E-state index is -0.109. The summed E-state index contributed by atoms with van der Waals surface area (Å²) in [7, 11) is 1.68. The zero-order chi connectivity index (χ0) is 14.7. The first-order valence-corrected chi connectivity index (χ1v) is 8.45. The van der Waals surface area contributed by atoms with Gasteiger partial charge >= 0.3 is 0 Å². The highest BCUT2D eigenvalue weighted by Crippen LogP contribution is 2.31. The lowest BCUT2D eigenvalue weighted by atomic mass is 10.2. The summed E-state index contributed by atoms with van der Waals surface area (Å²) < 4.78 is 7.58. The van der Waals surface area contributed by atoms with Crippen molar-refractivity contribution in [2.24, 2.45) is 0 Å². The maximum atomic E-state index is 6.31. The second-order valence-electron chi connectivity index (χ2n) is 4.82. The quantitative estimate of drug-likeness (QED) is 0.726. The van der Waals surface area contributed by atoms with E-state index in [2.05, 4.69) is 23.4 Å². The van der Waals surface area contributed by atoms with Crippen molar-refractivity contribution < 1.29 is 4.74 Å². The van der Waals surface area contributed by atoms with Gasteiger partial charge in [-0.1, -0.05) is 6.92 Å². The predicted octanol–water partition coefficient (Wildman–Crippen LogP) is 4.66. The summed E-state index contributed by atoms with van der Waals surface area (Å²) in [5.74, 6) is 3.95. The van der Waals surface area contributed by atoms with Crippen molar-refractivity contribution in [3.8, 4) is 5.75 Å². The molecule has 0 fully saturated rings. The summed E-state index contributed by atoms with van der Waals surface area (Å²) in [5, 5.41) is -0.109. The Bertz CT molecular complexity index is 583. The topological polar surface area (TPSA) is 27.1 Å². The van der Waals surface area contributed by atoms with Crippen molar-refractivity contribution in [3.63, 3.8) is 0 Å². The van der Waals surface area contributed by atoms with Crippen molar-refractivity contribution in [2.45, 2.75) is 32.2 Å². The number of halogens is 1. The van der Waals surface area contributed by atoms with E-state index in [1.807, 2.05) is 36.9 Å². The lowest BCUT2D eigenvalue weighted by Gasteiger charge is -2.18. The van der Waals surface area contributed by atoms with Crippen molar-refractivity contribution in [2.75, 3.05) is 18.6 Å². The van der Waals surface area contributed by atoms with E-state index in [1.165, 1.54) is 0 Å². The standard InChI is InChI=1S/C15H21ClN2OS/c1-5-20-9-10(2)18-14-8-12(19-4)6-7-13(14)17-15(18)11(3)16/h6-8,10-11H,5,9H2,1-4H3. The molecule has 0 aliphatic rings. The van der Waals surface area contributed by atoms with Crippen LogP contribution in [0.15, 0.2) is 18.2 Å². The van der Waals surface area contributed by atoms with Crippen LogP contribution in [0.5, 0.6) is 5.75 Å². The molecule has 2 unspecified atom stereocenters. The molecule has 1 heterocycles. The molecule has 2 rings (SSSR count). The first kappa shape index (κ1) is 15.5. The first-order chi connectivity index (χ1) is 9.58. The van der Waals surface area contributed by atoms with E-state index in [0.717, 1.165) is 34.1 Å². The fourth-order valence-electron chi connectivity index (χ4n) is 2.33. The number of benzene rings is 1. The van der Waals surface area contributed by atoms with E-state index < -0.39 is 0 Å². The fraction of sp³-hybridized carbons (Fsp3) is 0.533. The highest BCUT2D eigenvalue weighted by Gasteiger charge is 2.19. The van der Waals surface area contributed by atoms with Crippen LogP contribution in [0.3, 0.4) is 0 Å². The Kier molecular flexibility index (Phi) is 5.22. The van der Waals surface area contributed by atoms with Gasteiger partial charge < -0.3 is 9.30 Å². The Balaban J connectivity index is 2.53. The van der Waals surface area contributed by atoms with Gasteiger partial charge in [-0.25, -0.2) is 4.98 Å². The van der Waals surface area contributed by atoms with Crippen molar-refractivity contribution in [3.05, 3.63) is 24.0 Å². The van der Waals surface area contributed by atoms with E-state index >= 15 is 0 Å². The number of imidazole rings is 1. The van der Waals surface area contributed by atoms with Crippen LogP contribution in [0.25, 0.3) is 11.0 Å². The van der Waals surface area contributed by atoms with Crippen LogP contribution in [0.2, 0.25) is 0 Å². The molecule has 1 aromatic carbocycles. The van der Waals surface area contributed by atoms with Gasteiger partial charge in [0.2, 0.25) is 0 Å². The number of ether oxygens (including phenoxy) is 1. The molecule has 2 aromatic rings. The Morgan fingerprint density at radius 1 is 1.40 bits per heavy atom. The average molecular weight is 313 g/mol. The number of methoxy groups -OCH3 is 1.